The highest BCUT2D eigenvalue weighted by molar-refractivity contribution is 14.1. The molecule has 0 saturated heterocycles. The van der Waals surface area contributed by atoms with Crippen molar-refractivity contribution in [2.45, 2.75) is 58.9 Å². The molecule has 1 aromatic carbocycles. The molecular weight excluding hydrogens is 565 g/mol. The molecule has 1 N–H and O–H groups in total. The molecular formula is C25H31IN3O4S-. The Hall–Kier alpha value is -1.82. The molecule has 2 heterocycles. The van der Waals surface area contributed by atoms with Gasteiger partial charge in [-0.2, -0.15) is 0 Å². The van der Waals surface area contributed by atoms with Gasteiger partial charge in [0, 0.05) is 34.0 Å². The molecule has 0 radical (unpaired) electrons. The average molecular weight is 597 g/mol. The largest absolute Gasteiger partial charge is 0.760 e. The van der Waals surface area contributed by atoms with E-state index in [0.29, 0.717) is 34.7 Å². The minimum absolute atomic E-state index is 0.161. The van der Waals surface area contributed by atoms with Gasteiger partial charge in [0.2, 0.25) is 5.71 Å². The molecule has 184 valence electrons. The Morgan fingerprint density at radius 1 is 1.18 bits per heavy atom. The Labute approximate surface area is 217 Å². The van der Waals surface area contributed by atoms with Crippen LogP contribution in [0, 0.1) is 3.57 Å². The number of hydrogen-bond donors (Lipinski definition) is 1. The molecule has 34 heavy (non-hydrogen) atoms. The molecule has 0 bridgehead atoms. The van der Waals surface area contributed by atoms with Gasteiger partial charge in [0.1, 0.15) is 5.76 Å². The molecule has 3 rings (SSSR count). The van der Waals surface area contributed by atoms with Crippen LogP contribution in [0.2, 0.25) is 0 Å². The molecule has 0 aliphatic carbocycles. The Morgan fingerprint density at radius 2 is 1.88 bits per heavy atom. The minimum Gasteiger partial charge on any atom is -0.760 e. The Bertz CT molecular complexity index is 1150. The molecule has 1 amide bonds. The van der Waals surface area contributed by atoms with Crippen LogP contribution < -0.4 is 5.32 Å². The van der Waals surface area contributed by atoms with Crippen LogP contribution >= 0.6 is 22.6 Å². The molecule has 1 unspecified atom stereocenters. The number of carbonyl (C=O) groups excluding carboxylic acids is 1. The lowest BCUT2D eigenvalue weighted by molar-refractivity contribution is 0.0964. The zero-order chi connectivity index (χ0) is 24.7. The van der Waals surface area contributed by atoms with Crippen molar-refractivity contribution in [3.8, 4) is 11.3 Å². The summed E-state index contributed by atoms with van der Waals surface area (Å²) in [7, 11) is 1.58. The van der Waals surface area contributed by atoms with Gasteiger partial charge in [-0.25, -0.2) is 9.29 Å². The van der Waals surface area contributed by atoms with Crippen LogP contribution in [0.25, 0.3) is 22.4 Å². The van der Waals surface area contributed by atoms with Crippen molar-refractivity contribution >= 4 is 50.9 Å². The first-order valence-electron chi connectivity index (χ1n) is 11.7. The normalized spacial score (nSPS) is 12.4. The first-order chi connectivity index (χ1) is 16.4. The molecule has 7 nitrogen and oxygen atoms in total. The van der Waals surface area contributed by atoms with Crippen molar-refractivity contribution in [1.29, 1.82) is 0 Å². The van der Waals surface area contributed by atoms with Crippen LogP contribution in [0.15, 0.2) is 34.7 Å². The summed E-state index contributed by atoms with van der Waals surface area (Å²) in [6.45, 7) is 4.85. The Balaban J connectivity index is 1.95. The number of furan rings is 1. The summed E-state index contributed by atoms with van der Waals surface area (Å²) in [6.07, 6.45) is 6.14. The minimum atomic E-state index is -2.35. The predicted molar refractivity (Wildman–Crippen MR) is 143 cm³/mol. The van der Waals surface area contributed by atoms with Crippen molar-refractivity contribution in [3.05, 3.63) is 50.7 Å². The predicted octanol–water partition coefficient (Wildman–Crippen LogP) is 5.59. The topological polar surface area (TPSA) is 98.5 Å². The van der Waals surface area contributed by atoms with Gasteiger partial charge >= 0.3 is 0 Å². The molecule has 0 saturated carbocycles. The number of aryl methyl sites for hydroxylation is 1. The average Bonchev–Trinajstić information content (AvgIpc) is 3.20. The van der Waals surface area contributed by atoms with E-state index in [2.05, 4.69) is 46.7 Å². The van der Waals surface area contributed by atoms with E-state index in [9.17, 15) is 13.6 Å². The summed E-state index contributed by atoms with van der Waals surface area (Å²) in [4.78, 5) is 17.4. The zero-order valence-electron chi connectivity index (χ0n) is 19.9. The number of rotatable bonds is 12. The first kappa shape index (κ1) is 26.8. The maximum Gasteiger partial charge on any atom is 0.255 e. The number of carbonyl (C=O) groups is 1. The monoisotopic (exact) mass is 596 g/mol. The van der Waals surface area contributed by atoms with Crippen LogP contribution in [-0.2, 0) is 24.2 Å². The summed E-state index contributed by atoms with van der Waals surface area (Å²) < 4.78 is 32.0. The number of benzene rings is 1. The molecule has 0 spiro atoms. The second kappa shape index (κ2) is 12.8. The van der Waals surface area contributed by atoms with Crippen LogP contribution in [0.3, 0.4) is 0 Å². The molecule has 9 heteroatoms. The van der Waals surface area contributed by atoms with Gasteiger partial charge in [-0.15, -0.1) is 0 Å². The standard InChI is InChI=1S/C25H32IN3O4S/c1-4-6-7-8-9-14-29(34(31)32)16-21-20(26)15-19-22(24(30)27-3)23(33-25(19)28-21)18-12-10-17(5-2)11-13-18/h10-13,15H,4-9,14,16H2,1-3H3,(H,27,30)(H,31,32)/p-1. The molecule has 1 atom stereocenters. The number of hydrogen-bond acceptors (Lipinski definition) is 5. The van der Waals surface area contributed by atoms with Crippen molar-refractivity contribution in [3.63, 3.8) is 0 Å². The third-order valence-corrected chi connectivity index (χ3v) is 7.50. The van der Waals surface area contributed by atoms with Gasteiger partial charge in [-0.3, -0.25) is 9.00 Å². The SMILES string of the molecule is CCCCCCCN(Cc1nc2oc(-c3ccc(CC)cc3)c(C(=O)NC)c2cc1I)S(=O)[O-]. The van der Waals surface area contributed by atoms with E-state index in [1.807, 2.05) is 30.3 Å². The Morgan fingerprint density at radius 3 is 2.50 bits per heavy atom. The lowest BCUT2D eigenvalue weighted by Gasteiger charge is -2.24. The van der Waals surface area contributed by atoms with Crippen LogP contribution in [0.1, 0.15) is 67.6 Å². The lowest BCUT2D eigenvalue weighted by Crippen LogP contribution is -2.27. The second-order valence-electron chi connectivity index (χ2n) is 8.20. The van der Waals surface area contributed by atoms with Crippen LogP contribution in [-0.4, -0.2) is 37.6 Å². The molecule has 0 fully saturated rings. The van der Waals surface area contributed by atoms with Gasteiger partial charge < -0.3 is 14.3 Å². The lowest BCUT2D eigenvalue weighted by atomic mass is 10.0. The van der Waals surface area contributed by atoms with Crippen molar-refractivity contribution < 1.29 is 18.0 Å². The highest BCUT2D eigenvalue weighted by atomic mass is 127. The fourth-order valence-electron chi connectivity index (χ4n) is 3.86. The van der Waals surface area contributed by atoms with Crippen molar-refractivity contribution in [1.82, 2.24) is 14.6 Å². The fourth-order valence-corrected chi connectivity index (χ4v) is 4.96. The van der Waals surface area contributed by atoms with E-state index in [1.165, 1.54) is 9.87 Å². The van der Waals surface area contributed by atoms with E-state index in [4.69, 9.17) is 4.42 Å². The van der Waals surface area contributed by atoms with Crippen molar-refractivity contribution in [2.75, 3.05) is 13.6 Å². The van der Waals surface area contributed by atoms with Gasteiger partial charge in [0.05, 0.1) is 23.2 Å². The van der Waals surface area contributed by atoms with Gasteiger partial charge in [0.15, 0.2) is 0 Å². The van der Waals surface area contributed by atoms with Crippen LogP contribution in [0.5, 0.6) is 0 Å². The van der Waals surface area contributed by atoms with Gasteiger partial charge in [-0.05, 0) is 47.1 Å². The third-order valence-electron chi connectivity index (χ3n) is 5.84. The smallest absolute Gasteiger partial charge is 0.255 e. The molecule has 0 aliphatic rings. The number of unbranched alkanes of at least 4 members (excludes halogenated alkanes) is 4. The Kier molecular flexibility index (Phi) is 10.0. The van der Waals surface area contributed by atoms with Crippen molar-refractivity contribution in [2.24, 2.45) is 0 Å². The fraction of sp³-hybridized carbons (Fsp3) is 0.440. The maximum atomic E-state index is 12.8. The summed E-state index contributed by atoms with van der Waals surface area (Å²) in [6, 6.07) is 9.76. The molecule has 2 aromatic heterocycles. The number of aromatic nitrogens is 1. The summed E-state index contributed by atoms with van der Waals surface area (Å²) >= 11 is -0.206. The van der Waals surface area contributed by atoms with Gasteiger partial charge in [-0.1, -0.05) is 63.8 Å². The first-order valence-corrected chi connectivity index (χ1v) is 13.8. The maximum absolute atomic E-state index is 12.8. The quantitative estimate of drug-likeness (QED) is 0.167. The van der Waals surface area contributed by atoms with E-state index in [1.54, 1.807) is 7.05 Å². The summed E-state index contributed by atoms with van der Waals surface area (Å²) in [5.74, 6) is 0.200. The van der Waals surface area contributed by atoms with Gasteiger partial charge in [0.25, 0.3) is 5.91 Å². The zero-order valence-corrected chi connectivity index (χ0v) is 22.8. The summed E-state index contributed by atoms with van der Waals surface area (Å²) in [5, 5.41) is 3.30. The third kappa shape index (κ3) is 6.44. The highest BCUT2D eigenvalue weighted by Gasteiger charge is 2.24. The summed E-state index contributed by atoms with van der Waals surface area (Å²) in [5.41, 5.74) is 3.34. The highest BCUT2D eigenvalue weighted by Crippen LogP contribution is 2.34. The molecule has 3 aromatic rings. The van der Waals surface area contributed by atoms with E-state index in [0.717, 1.165) is 47.7 Å². The number of fused-ring (bicyclic) bond motifs is 1. The van der Waals surface area contributed by atoms with Crippen LogP contribution in [0.4, 0.5) is 0 Å². The van der Waals surface area contributed by atoms with E-state index in [-0.39, 0.29) is 12.5 Å². The number of nitrogens with zero attached hydrogens (tertiary/aromatic N) is 2. The van der Waals surface area contributed by atoms with E-state index < -0.39 is 11.3 Å². The van der Waals surface area contributed by atoms with E-state index >= 15 is 0 Å². The number of nitrogens with one attached hydrogen (secondary N) is 1. The molecule has 0 aliphatic heterocycles. The number of pyridine rings is 1. The number of halogens is 1. The number of amides is 1. The second-order valence-corrected chi connectivity index (χ2v) is 10.3.